The lowest BCUT2D eigenvalue weighted by Gasteiger charge is -2.19. The summed E-state index contributed by atoms with van der Waals surface area (Å²) in [5.41, 5.74) is 3.98. The Bertz CT molecular complexity index is 550. The van der Waals surface area contributed by atoms with Crippen LogP contribution in [0, 0.1) is 18.3 Å². The molecule has 18 heavy (non-hydrogen) atoms. The van der Waals surface area contributed by atoms with Gasteiger partial charge in [0.1, 0.15) is 11.8 Å². The molecule has 2 aromatic rings. The van der Waals surface area contributed by atoms with E-state index in [1.807, 2.05) is 19.2 Å². The van der Waals surface area contributed by atoms with Crippen LogP contribution in [0.2, 0.25) is 0 Å². The summed E-state index contributed by atoms with van der Waals surface area (Å²) in [6.45, 7) is 2.91. The molecule has 0 aliphatic rings. The van der Waals surface area contributed by atoms with Crippen molar-refractivity contribution in [2.24, 2.45) is 0 Å². The summed E-state index contributed by atoms with van der Waals surface area (Å²) in [6.07, 6.45) is 1.73. The largest absolute Gasteiger partial charge is 0.369 e. The molecule has 0 fully saturated rings. The molecule has 0 N–H and O–H groups in total. The molecule has 1 aromatic carbocycles. The summed E-state index contributed by atoms with van der Waals surface area (Å²) in [7, 11) is 2.02. The minimum absolute atomic E-state index is 0.447. The van der Waals surface area contributed by atoms with E-state index in [0.29, 0.717) is 5.69 Å². The Balaban J connectivity index is 2.09. The van der Waals surface area contributed by atoms with Crippen molar-refractivity contribution in [2.75, 3.05) is 11.9 Å². The quantitative estimate of drug-likeness (QED) is 0.824. The third-order valence-corrected chi connectivity index (χ3v) is 2.84. The predicted octanol–water partition coefficient (Wildman–Crippen LogP) is 2.90. The number of rotatable bonds is 3. The van der Waals surface area contributed by atoms with E-state index in [-0.39, 0.29) is 0 Å². The van der Waals surface area contributed by atoms with Gasteiger partial charge in [-0.3, -0.25) is 0 Å². The molecule has 0 aliphatic heterocycles. The molecule has 2 rings (SSSR count). The Morgan fingerprint density at radius 2 is 1.89 bits per heavy atom. The Hall–Kier alpha value is -2.34. The van der Waals surface area contributed by atoms with Crippen LogP contribution in [0.1, 0.15) is 16.8 Å². The number of benzene rings is 1. The molecule has 1 heterocycles. The topological polar surface area (TPSA) is 39.9 Å². The SMILES string of the molecule is Cc1ccc(CN(C)c2ccc(C#N)nc2)cc1. The minimum atomic E-state index is 0.447. The van der Waals surface area contributed by atoms with Gasteiger partial charge in [0.25, 0.3) is 0 Å². The van der Waals surface area contributed by atoms with Crippen molar-refractivity contribution >= 4 is 5.69 Å². The van der Waals surface area contributed by atoms with Gasteiger partial charge in [0.2, 0.25) is 0 Å². The van der Waals surface area contributed by atoms with Crippen LogP contribution in [0.5, 0.6) is 0 Å². The van der Waals surface area contributed by atoms with Gasteiger partial charge in [-0.05, 0) is 24.6 Å². The molecule has 3 nitrogen and oxygen atoms in total. The van der Waals surface area contributed by atoms with E-state index in [1.165, 1.54) is 11.1 Å². The van der Waals surface area contributed by atoms with Gasteiger partial charge in [-0.1, -0.05) is 29.8 Å². The third kappa shape index (κ3) is 2.86. The van der Waals surface area contributed by atoms with Gasteiger partial charge in [0.05, 0.1) is 11.9 Å². The molecule has 0 spiro atoms. The number of nitriles is 1. The van der Waals surface area contributed by atoms with Crippen LogP contribution >= 0.6 is 0 Å². The highest BCUT2D eigenvalue weighted by molar-refractivity contribution is 5.45. The number of hydrogen-bond donors (Lipinski definition) is 0. The first kappa shape index (κ1) is 12.1. The van der Waals surface area contributed by atoms with Gasteiger partial charge < -0.3 is 4.90 Å². The van der Waals surface area contributed by atoms with E-state index in [9.17, 15) is 0 Å². The average molecular weight is 237 g/mol. The van der Waals surface area contributed by atoms with Crippen molar-refractivity contribution in [2.45, 2.75) is 13.5 Å². The van der Waals surface area contributed by atoms with Gasteiger partial charge in [0.15, 0.2) is 0 Å². The van der Waals surface area contributed by atoms with Crippen LogP contribution in [0.4, 0.5) is 5.69 Å². The lowest BCUT2D eigenvalue weighted by Crippen LogP contribution is -2.16. The smallest absolute Gasteiger partial charge is 0.140 e. The highest BCUT2D eigenvalue weighted by Gasteiger charge is 2.02. The lowest BCUT2D eigenvalue weighted by atomic mass is 10.1. The summed E-state index contributed by atoms with van der Waals surface area (Å²) in [6, 6.07) is 14.2. The Labute approximate surface area is 107 Å². The maximum atomic E-state index is 8.70. The fraction of sp³-hybridized carbons (Fsp3) is 0.200. The van der Waals surface area contributed by atoms with Crippen molar-refractivity contribution in [1.82, 2.24) is 4.98 Å². The minimum Gasteiger partial charge on any atom is -0.369 e. The van der Waals surface area contributed by atoms with Gasteiger partial charge in [0, 0.05) is 13.6 Å². The second-order valence-electron chi connectivity index (χ2n) is 4.36. The second kappa shape index (κ2) is 5.33. The van der Waals surface area contributed by atoms with Gasteiger partial charge >= 0.3 is 0 Å². The first-order valence-corrected chi connectivity index (χ1v) is 5.82. The van der Waals surface area contributed by atoms with Crippen molar-refractivity contribution < 1.29 is 0 Å². The third-order valence-electron chi connectivity index (χ3n) is 2.84. The number of nitrogens with zero attached hydrogens (tertiary/aromatic N) is 3. The number of hydrogen-bond acceptors (Lipinski definition) is 3. The molecule has 0 unspecified atom stereocenters. The lowest BCUT2D eigenvalue weighted by molar-refractivity contribution is 0.916. The number of pyridine rings is 1. The predicted molar refractivity (Wildman–Crippen MR) is 72.2 cm³/mol. The van der Waals surface area contributed by atoms with Gasteiger partial charge in [-0.15, -0.1) is 0 Å². The van der Waals surface area contributed by atoms with E-state index in [4.69, 9.17) is 5.26 Å². The van der Waals surface area contributed by atoms with Gasteiger partial charge in [-0.25, -0.2) is 4.98 Å². The normalized spacial score (nSPS) is 9.83. The molecular weight excluding hydrogens is 222 g/mol. The van der Waals surface area contributed by atoms with Crippen LogP contribution in [-0.4, -0.2) is 12.0 Å². The zero-order valence-electron chi connectivity index (χ0n) is 10.6. The van der Waals surface area contributed by atoms with E-state index >= 15 is 0 Å². The number of anilines is 1. The zero-order chi connectivity index (χ0) is 13.0. The molecule has 3 heteroatoms. The highest BCUT2D eigenvalue weighted by Crippen LogP contribution is 2.14. The molecular formula is C15H15N3. The van der Waals surface area contributed by atoms with Crippen molar-refractivity contribution in [3.8, 4) is 6.07 Å². The van der Waals surface area contributed by atoms with Crippen LogP contribution in [0.25, 0.3) is 0 Å². The molecule has 0 radical (unpaired) electrons. The maximum absolute atomic E-state index is 8.70. The molecule has 0 saturated carbocycles. The monoisotopic (exact) mass is 237 g/mol. The first-order chi connectivity index (χ1) is 8.69. The molecule has 0 atom stereocenters. The first-order valence-electron chi connectivity index (χ1n) is 5.82. The fourth-order valence-electron chi connectivity index (χ4n) is 1.74. The van der Waals surface area contributed by atoms with Gasteiger partial charge in [-0.2, -0.15) is 5.26 Å². The molecule has 0 amide bonds. The highest BCUT2D eigenvalue weighted by atomic mass is 15.1. The Morgan fingerprint density at radius 3 is 2.44 bits per heavy atom. The van der Waals surface area contributed by atoms with Crippen molar-refractivity contribution in [3.05, 3.63) is 59.4 Å². The summed E-state index contributed by atoms with van der Waals surface area (Å²) in [4.78, 5) is 6.18. The fourth-order valence-corrected chi connectivity index (χ4v) is 1.74. The van der Waals surface area contributed by atoms with E-state index in [2.05, 4.69) is 41.1 Å². The summed E-state index contributed by atoms with van der Waals surface area (Å²) < 4.78 is 0. The summed E-state index contributed by atoms with van der Waals surface area (Å²) >= 11 is 0. The molecule has 0 bridgehead atoms. The summed E-state index contributed by atoms with van der Waals surface area (Å²) in [5.74, 6) is 0. The molecule has 90 valence electrons. The Morgan fingerprint density at radius 1 is 1.17 bits per heavy atom. The standard InChI is InChI=1S/C15H15N3/c1-12-3-5-13(6-4-12)11-18(2)15-8-7-14(9-16)17-10-15/h3-8,10H,11H2,1-2H3. The van der Waals surface area contributed by atoms with E-state index in [1.54, 1.807) is 12.3 Å². The zero-order valence-corrected chi connectivity index (χ0v) is 10.6. The molecule has 1 aromatic heterocycles. The average Bonchev–Trinajstić information content (AvgIpc) is 2.41. The molecule has 0 saturated heterocycles. The maximum Gasteiger partial charge on any atom is 0.140 e. The summed E-state index contributed by atoms with van der Waals surface area (Å²) in [5, 5.41) is 8.70. The van der Waals surface area contributed by atoms with Crippen molar-refractivity contribution in [1.29, 1.82) is 5.26 Å². The van der Waals surface area contributed by atoms with Crippen LogP contribution in [-0.2, 0) is 6.54 Å². The van der Waals surface area contributed by atoms with E-state index < -0.39 is 0 Å². The number of aryl methyl sites for hydroxylation is 1. The number of aromatic nitrogens is 1. The van der Waals surface area contributed by atoms with Crippen LogP contribution in [0.3, 0.4) is 0 Å². The van der Waals surface area contributed by atoms with Crippen LogP contribution in [0.15, 0.2) is 42.6 Å². The van der Waals surface area contributed by atoms with Crippen molar-refractivity contribution in [3.63, 3.8) is 0 Å². The molecule has 0 aliphatic carbocycles. The van der Waals surface area contributed by atoms with Crippen LogP contribution < -0.4 is 4.90 Å². The second-order valence-corrected chi connectivity index (χ2v) is 4.36. The Kier molecular flexibility index (Phi) is 3.59. The van der Waals surface area contributed by atoms with E-state index in [0.717, 1.165) is 12.2 Å².